The van der Waals surface area contributed by atoms with Gasteiger partial charge in [0.05, 0.1) is 5.41 Å². The normalized spacial score (nSPS) is 15.5. The van der Waals surface area contributed by atoms with Gasteiger partial charge in [0.1, 0.15) is 6.54 Å². The third-order valence-electron chi connectivity index (χ3n) is 16.0. The summed E-state index contributed by atoms with van der Waals surface area (Å²) in [4.78, 5) is 2.67. The van der Waals surface area contributed by atoms with E-state index in [1.165, 1.54) is 251 Å². The zero-order valence-electron chi connectivity index (χ0n) is 46.1. The molecule has 0 spiro atoms. The highest BCUT2D eigenvalue weighted by Crippen LogP contribution is 2.49. The van der Waals surface area contributed by atoms with E-state index in [4.69, 9.17) is 0 Å². The van der Waals surface area contributed by atoms with Gasteiger partial charge >= 0.3 is 0 Å². The molecule has 0 atom stereocenters. The lowest BCUT2D eigenvalue weighted by Gasteiger charge is -2.27. The Hall–Kier alpha value is -2.92. The Morgan fingerprint density at radius 1 is 0.429 bits per heavy atom. The first-order valence-electron chi connectivity index (χ1n) is 29.6. The van der Waals surface area contributed by atoms with Crippen LogP contribution in [-0.2, 0) is 10.8 Å². The van der Waals surface area contributed by atoms with Gasteiger partial charge in [-0.1, -0.05) is 293 Å². The molecule has 0 bridgehead atoms. The van der Waals surface area contributed by atoms with Crippen LogP contribution >= 0.6 is 0 Å². The van der Waals surface area contributed by atoms with Crippen molar-refractivity contribution in [1.29, 1.82) is 0 Å². The van der Waals surface area contributed by atoms with E-state index in [2.05, 4.69) is 154 Å². The summed E-state index contributed by atoms with van der Waals surface area (Å²) in [6.07, 6.45) is 56.7. The fraction of sp³-hybridized carbons (Fsp3) is 0.627. The number of para-hydroxylation sites is 1. The van der Waals surface area contributed by atoms with Crippen LogP contribution in [0, 0.1) is 0 Å². The summed E-state index contributed by atoms with van der Waals surface area (Å²) in [5.41, 5.74) is 11.0. The molecule has 0 saturated carbocycles. The zero-order valence-corrected chi connectivity index (χ0v) is 48.3. The molecule has 2 aliphatic rings. The van der Waals surface area contributed by atoms with Gasteiger partial charge in [-0.25, -0.2) is 0 Å². The van der Waals surface area contributed by atoms with E-state index >= 15 is 0 Å². The van der Waals surface area contributed by atoms with Crippen molar-refractivity contribution < 1.29 is 28.6 Å². The minimum Gasteiger partial charge on any atom is -1.00 e. The lowest BCUT2D eigenvalue weighted by molar-refractivity contribution is -0.438. The van der Waals surface area contributed by atoms with E-state index < -0.39 is 0 Å². The van der Waals surface area contributed by atoms with Crippen LogP contribution in [0.2, 0.25) is 0 Å². The lowest BCUT2D eigenvalue weighted by atomic mass is 9.81. The Labute approximate surface area is 449 Å². The molecule has 2 nitrogen and oxygen atoms in total. The predicted octanol–water partition coefficient (Wildman–Crippen LogP) is 18.1. The molecular formula is C67H103IN2. The van der Waals surface area contributed by atoms with Crippen LogP contribution in [0.25, 0.3) is 11.1 Å². The summed E-state index contributed by atoms with van der Waals surface area (Å²) in [5, 5.41) is 0. The average molecular weight is 1060 g/mol. The van der Waals surface area contributed by atoms with Crippen LogP contribution in [0.15, 0.2) is 109 Å². The average Bonchev–Trinajstić information content (AvgIpc) is 3.71. The molecule has 0 aromatic heterocycles. The Balaban J connectivity index is 0.0000107. The second-order valence-corrected chi connectivity index (χ2v) is 22.5. The number of nitrogens with zero attached hydrogens (tertiary/aromatic N) is 2. The maximum Gasteiger partial charge on any atom is 0.209 e. The summed E-state index contributed by atoms with van der Waals surface area (Å²) in [7, 11) is 0. The molecule has 0 N–H and O–H groups in total. The van der Waals surface area contributed by atoms with Crippen LogP contribution in [-0.4, -0.2) is 23.4 Å². The number of benzene rings is 3. The quantitative estimate of drug-likeness (QED) is 0.0240. The summed E-state index contributed by atoms with van der Waals surface area (Å²) in [6, 6.07) is 27.3. The van der Waals surface area contributed by atoms with Crippen LogP contribution < -0.4 is 28.9 Å². The molecule has 3 aromatic rings. The van der Waals surface area contributed by atoms with Gasteiger partial charge in [0.25, 0.3) is 0 Å². The number of allylic oxidation sites excluding steroid dienone is 6. The molecule has 0 fully saturated rings. The van der Waals surface area contributed by atoms with Crippen molar-refractivity contribution in [2.75, 3.05) is 18.0 Å². The van der Waals surface area contributed by atoms with Crippen LogP contribution in [0.4, 0.5) is 11.4 Å². The molecule has 2 heterocycles. The molecule has 0 radical (unpaired) electrons. The number of rotatable bonds is 38. The maximum absolute atomic E-state index is 2.67. The van der Waals surface area contributed by atoms with Gasteiger partial charge in [-0.05, 0) is 55.5 Å². The third kappa shape index (κ3) is 19.5. The fourth-order valence-corrected chi connectivity index (χ4v) is 11.6. The van der Waals surface area contributed by atoms with E-state index in [0.29, 0.717) is 0 Å². The van der Waals surface area contributed by atoms with Crippen molar-refractivity contribution in [3.8, 4) is 11.1 Å². The predicted molar refractivity (Wildman–Crippen MR) is 307 cm³/mol. The number of fused-ring (bicyclic) bond motifs is 2. The first kappa shape index (κ1) is 59.6. The molecule has 70 heavy (non-hydrogen) atoms. The van der Waals surface area contributed by atoms with Gasteiger partial charge in [0.15, 0.2) is 5.71 Å². The first-order chi connectivity index (χ1) is 33.8. The Kier molecular flexibility index (Phi) is 29.4. The van der Waals surface area contributed by atoms with E-state index in [9.17, 15) is 0 Å². The first-order valence-corrected chi connectivity index (χ1v) is 29.6. The Morgan fingerprint density at radius 2 is 0.886 bits per heavy atom. The lowest BCUT2D eigenvalue weighted by Crippen LogP contribution is -3.00. The van der Waals surface area contributed by atoms with E-state index in [1.54, 1.807) is 0 Å². The minimum absolute atomic E-state index is 0. The molecule has 3 heteroatoms. The smallest absolute Gasteiger partial charge is 0.209 e. The topological polar surface area (TPSA) is 6.25 Å². The van der Waals surface area contributed by atoms with Gasteiger partial charge in [-0.15, -0.1) is 0 Å². The highest BCUT2D eigenvalue weighted by atomic mass is 127. The number of hydrogen-bond donors (Lipinski definition) is 0. The Morgan fingerprint density at radius 3 is 1.40 bits per heavy atom. The van der Waals surface area contributed by atoms with E-state index in [0.717, 1.165) is 13.1 Å². The van der Waals surface area contributed by atoms with E-state index in [-0.39, 0.29) is 34.8 Å². The van der Waals surface area contributed by atoms with Gasteiger partial charge in [-0.2, -0.15) is 4.58 Å². The number of hydrogen-bond acceptors (Lipinski definition) is 1. The minimum atomic E-state index is -0.0684. The van der Waals surface area contributed by atoms with Crippen LogP contribution in [0.3, 0.4) is 0 Å². The summed E-state index contributed by atoms with van der Waals surface area (Å²) in [6.45, 7) is 16.5. The van der Waals surface area contributed by atoms with Gasteiger partial charge in [-0.3, -0.25) is 0 Å². The molecular weight excluding hydrogens is 960 g/mol. The summed E-state index contributed by atoms with van der Waals surface area (Å²) >= 11 is 0. The van der Waals surface area contributed by atoms with Crippen LogP contribution in [0.5, 0.6) is 0 Å². The van der Waals surface area contributed by atoms with Crippen molar-refractivity contribution in [1.82, 2.24) is 0 Å². The molecule has 0 amide bonds. The SMILES string of the molecule is CCCCCCCCCCCCCCCCCCCCCCN1\C(=C/C=C/C=C/C2=[N+](CCCCCCCCCCCCCC)c3ccccc3C2(C)C)C(C)(C)c2ccc(-c3ccccc3)cc21.[I-]. The standard InChI is InChI=1S/C67H103N2.HI/c1-7-9-11-13-15-17-19-21-22-23-24-25-26-27-28-30-32-34-36-46-56-69-63-57-59(58-47-39-37-40-48-58)53-54-61(63)67(5,6)65(69)52-42-38-41-51-64-66(3,4)60-49-43-44-50-62(60)68(64)55-45-35-33-31-29-20-18-16-14-12-10-8-2;/h37-44,47-54,57H,7-36,45-46,55-56H2,1-6H3;1H/q+1;/p-1. The maximum atomic E-state index is 2.67. The van der Waals surface area contributed by atoms with Gasteiger partial charge in [0, 0.05) is 47.5 Å². The van der Waals surface area contributed by atoms with Crippen molar-refractivity contribution in [3.05, 3.63) is 120 Å². The van der Waals surface area contributed by atoms with Crippen molar-refractivity contribution in [2.45, 2.75) is 258 Å². The zero-order chi connectivity index (χ0) is 48.8. The highest BCUT2D eigenvalue weighted by molar-refractivity contribution is 6.03. The third-order valence-corrected chi connectivity index (χ3v) is 16.0. The largest absolute Gasteiger partial charge is 1.00 e. The van der Waals surface area contributed by atoms with Gasteiger partial charge in [0.2, 0.25) is 5.69 Å². The second kappa shape index (κ2) is 34.5. The highest BCUT2D eigenvalue weighted by Gasteiger charge is 2.44. The summed E-state index contributed by atoms with van der Waals surface area (Å²) < 4.78 is 2.64. The number of unbranched alkanes of at least 4 members (excludes halogenated alkanes) is 30. The molecule has 388 valence electrons. The van der Waals surface area contributed by atoms with Crippen molar-refractivity contribution >= 4 is 17.1 Å². The monoisotopic (exact) mass is 1060 g/mol. The fourth-order valence-electron chi connectivity index (χ4n) is 11.6. The van der Waals surface area contributed by atoms with Gasteiger partial charge < -0.3 is 28.9 Å². The molecule has 2 aliphatic heterocycles. The van der Waals surface area contributed by atoms with Crippen molar-refractivity contribution in [3.63, 3.8) is 0 Å². The summed E-state index contributed by atoms with van der Waals surface area (Å²) in [5.74, 6) is 0. The Bertz CT molecular complexity index is 1980. The molecule has 0 aliphatic carbocycles. The second-order valence-electron chi connectivity index (χ2n) is 22.5. The number of anilines is 1. The van der Waals surface area contributed by atoms with Crippen molar-refractivity contribution in [2.24, 2.45) is 0 Å². The molecule has 5 rings (SSSR count). The van der Waals surface area contributed by atoms with E-state index in [1.807, 2.05) is 0 Å². The van der Waals surface area contributed by atoms with Crippen LogP contribution in [0.1, 0.15) is 258 Å². The molecule has 3 aromatic carbocycles. The molecule has 0 saturated heterocycles. The molecule has 0 unspecified atom stereocenters. The number of halogens is 1.